The quantitative estimate of drug-likeness (QED) is 0.338. The van der Waals surface area contributed by atoms with Crippen LogP contribution in [-0.4, -0.2) is 36.1 Å². The molecule has 3 aromatic carbocycles. The Hall–Kier alpha value is -2.92. The van der Waals surface area contributed by atoms with Crippen LogP contribution in [0.5, 0.6) is 11.5 Å². The van der Waals surface area contributed by atoms with E-state index in [0.29, 0.717) is 17.1 Å². The van der Waals surface area contributed by atoms with Gasteiger partial charge in [-0.25, -0.2) is 4.79 Å². The predicted octanol–water partition coefficient (Wildman–Crippen LogP) is 5.23. The molecule has 0 saturated carbocycles. The third-order valence-corrected chi connectivity index (χ3v) is 5.76. The van der Waals surface area contributed by atoms with Crippen molar-refractivity contribution in [3.63, 3.8) is 0 Å². The van der Waals surface area contributed by atoms with E-state index in [1.165, 1.54) is 6.42 Å². The topological polar surface area (TPSA) is 38.8 Å². The molecule has 1 heterocycles. The van der Waals surface area contributed by atoms with Gasteiger partial charge in [-0.2, -0.15) is 0 Å². The van der Waals surface area contributed by atoms with Crippen molar-refractivity contribution < 1.29 is 14.3 Å². The van der Waals surface area contributed by atoms with Crippen molar-refractivity contribution in [3.05, 3.63) is 71.8 Å². The lowest BCUT2D eigenvalue weighted by atomic mass is 10.0. The van der Waals surface area contributed by atoms with Gasteiger partial charge in [0.2, 0.25) is 0 Å². The highest BCUT2D eigenvalue weighted by atomic mass is 32.1. The molecule has 0 N–H and O–H groups in total. The minimum atomic E-state index is -0.411. The Labute approximate surface area is 176 Å². The molecule has 0 atom stereocenters. The van der Waals surface area contributed by atoms with Gasteiger partial charge in [0.15, 0.2) is 11.5 Å². The normalized spacial score (nSPS) is 13.9. The standard InChI is InChI=1S/C24H23NO3S/c1-27-22-16-18(23(29)25-14-5-2-6-15-25)12-13-21(22)28-24(26)20-11-7-9-17-8-3-4-10-19(17)20/h3-4,7-13,16H,2,5-6,14-15H2,1H3. The smallest absolute Gasteiger partial charge is 0.344 e. The SMILES string of the molecule is COc1cc(C(=S)N2CCCCC2)ccc1OC(=O)c1cccc2ccccc12. The van der Waals surface area contributed by atoms with Gasteiger partial charge in [-0.15, -0.1) is 0 Å². The van der Waals surface area contributed by atoms with Gasteiger partial charge in [-0.3, -0.25) is 0 Å². The number of thiocarbonyl (C=S) groups is 1. The van der Waals surface area contributed by atoms with Crippen molar-refractivity contribution in [3.8, 4) is 11.5 Å². The van der Waals surface area contributed by atoms with Crippen LogP contribution in [0.1, 0.15) is 35.2 Å². The van der Waals surface area contributed by atoms with E-state index < -0.39 is 5.97 Å². The maximum Gasteiger partial charge on any atom is 0.344 e. The predicted molar refractivity (Wildman–Crippen MR) is 119 cm³/mol. The van der Waals surface area contributed by atoms with Gasteiger partial charge >= 0.3 is 5.97 Å². The Morgan fingerprint density at radius 2 is 1.69 bits per heavy atom. The number of likely N-dealkylation sites (tertiary alicyclic amines) is 1. The molecule has 0 amide bonds. The van der Waals surface area contributed by atoms with Crippen molar-refractivity contribution in [2.24, 2.45) is 0 Å². The van der Waals surface area contributed by atoms with E-state index >= 15 is 0 Å². The summed E-state index contributed by atoms with van der Waals surface area (Å²) >= 11 is 5.67. The summed E-state index contributed by atoms with van der Waals surface area (Å²) < 4.78 is 11.2. The Morgan fingerprint density at radius 3 is 2.48 bits per heavy atom. The number of carbonyl (C=O) groups is 1. The van der Waals surface area contributed by atoms with Crippen LogP contribution in [0.15, 0.2) is 60.7 Å². The molecule has 1 aliphatic heterocycles. The van der Waals surface area contributed by atoms with Gasteiger partial charge in [0.1, 0.15) is 4.99 Å². The third kappa shape index (κ3) is 4.10. The first-order valence-corrected chi connectivity index (χ1v) is 10.3. The molecule has 29 heavy (non-hydrogen) atoms. The Bertz CT molecular complexity index is 1050. The molecular weight excluding hydrogens is 382 g/mol. The summed E-state index contributed by atoms with van der Waals surface area (Å²) in [4.78, 5) is 15.9. The largest absolute Gasteiger partial charge is 0.493 e. The molecule has 148 valence electrons. The fourth-order valence-corrected chi connectivity index (χ4v) is 4.03. The summed E-state index contributed by atoms with van der Waals surface area (Å²) in [6, 6.07) is 18.9. The number of carbonyl (C=O) groups excluding carboxylic acids is 1. The third-order valence-electron chi connectivity index (χ3n) is 5.27. The monoisotopic (exact) mass is 405 g/mol. The fourth-order valence-electron chi connectivity index (χ4n) is 3.72. The summed E-state index contributed by atoms with van der Waals surface area (Å²) in [6.07, 6.45) is 3.58. The molecule has 0 aliphatic carbocycles. The number of methoxy groups -OCH3 is 1. The van der Waals surface area contributed by atoms with Crippen LogP contribution in [0.3, 0.4) is 0 Å². The number of hydrogen-bond acceptors (Lipinski definition) is 4. The molecule has 0 spiro atoms. The summed E-state index contributed by atoms with van der Waals surface area (Å²) in [5.74, 6) is 0.470. The summed E-state index contributed by atoms with van der Waals surface area (Å²) in [6.45, 7) is 1.97. The Morgan fingerprint density at radius 1 is 0.931 bits per heavy atom. The van der Waals surface area contributed by atoms with Crippen molar-refractivity contribution >= 4 is 33.9 Å². The van der Waals surface area contributed by atoms with Gasteiger partial charge in [0.05, 0.1) is 12.7 Å². The van der Waals surface area contributed by atoms with Crippen LogP contribution >= 0.6 is 12.2 Å². The lowest BCUT2D eigenvalue weighted by Crippen LogP contribution is -2.34. The lowest BCUT2D eigenvalue weighted by molar-refractivity contribution is 0.0732. The molecule has 3 aromatic rings. The first-order chi connectivity index (χ1) is 14.2. The van der Waals surface area contributed by atoms with Crippen LogP contribution in [0.4, 0.5) is 0 Å². The first kappa shape index (κ1) is 19.4. The minimum absolute atomic E-state index is 0.385. The molecule has 4 nitrogen and oxygen atoms in total. The Balaban J connectivity index is 1.58. The number of hydrogen-bond donors (Lipinski definition) is 0. The molecule has 4 rings (SSSR count). The number of nitrogens with zero attached hydrogens (tertiary/aromatic N) is 1. The zero-order chi connectivity index (χ0) is 20.2. The van der Waals surface area contributed by atoms with E-state index in [9.17, 15) is 4.79 Å². The Kier molecular flexibility index (Phi) is 5.76. The van der Waals surface area contributed by atoms with Gasteiger partial charge < -0.3 is 14.4 Å². The second kappa shape index (κ2) is 8.62. The van der Waals surface area contributed by atoms with Gasteiger partial charge in [0.25, 0.3) is 0 Å². The highest BCUT2D eigenvalue weighted by Crippen LogP contribution is 2.31. The molecule has 0 bridgehead atoms. The molecule has 0 unspecified atom stereocenters. The van der Waals surface area contributed by atoms with E-state index in [-0.39, 0.29) is 0 Å². The first-order valence-electron chi connectivity index (χ1n) is 9.84. The van der Waals surface area contributed by atoms with E-state index in [4.69, 9.17) is 21.7 Å². The molecule has 1 saturated heterocycles. The number of piperidine rings is 1. The van der Waals surface area contributed by atoms with Crippen LogP contribution in [-0.2, 0) is 0 Å². The number of esters is 1. The molecule has 0 aromatic heterocycles. The van der Waals surface area contributed by atoms with Gasteiger partial charge in [-0.1, -0.05) is 48.6 Å². The van der Waals surface area contributed by atoms with Gasteiger partial charge in [-0.05, 0) is 54.3 Å². The van der Waals surface area contributed by atoms with Crippen LogP contribution in [0.2, 0.25) is 0 Å². The average molecular weight is 406 g/mol. The second-order valence-corrected chi connectivity index (χ2v) is 7.52. The summed E-state index contributed by atoms with van der Waals surface area (Å²) in [5, 5.41) is 1.86. The van der Waals surface area contributed by atoms with Crippen molar-refractivity contribution in [2.45, 2.75) is 19.3 Å². The zero-order valence-corrected chi connectivity index (χ0v) is 17.2. The van der Waals surface area contributed by atoms with Crippen molar-refractivity contribution in [2.75, 3.05) is 20.2 Å². The minimum Gasteiger partial charge on any atom is -0.493 e. The van der Waals surface area contributed by atoms with E-state index in [1.807, 2.05) is 48.5 Å². The summed E-state index contributed by atoms with van der Waals surface area (Å²) in [7, 11) is 1.57. The fraction of sp³-hybridized carbons (Fsp3) is 0.250. The second-order valence-electron chi connectivity index (χ2n) is 7.13. The van der Waals surface area contributed by atoms with Crippen molar-refractivity contribution in [1.29, 1.82) is 0 Å². The van der Waals surface area contributed by atoms with E-state index in [0.717, 1.165) is 47.3 Å². The number of benzene rings is 3. The zero-order valence-electron chi connectivity index (χ0n) is 16.4. The molecule has 1 aliphatic rings. The lowest BCUT2D eigenvalue weighted by Gasteiger charge is -2.29. The summed E-state index contributed by atoms with van der Waals surface area (Å²) in [5.41, 5.74) is 1.43. The average Bonchev–Trinajstić information content (AvgIpc) is 2.79. The highest BCUT2D eigenvalue weighted by molar-refractivity contribution is 7.80. The molecule has 0 radical (unpaired) electrons. The maximum absolute atomic E-state index is 12.9. The highest BCUT2D eigenvalue weighted by Gasteiger charge is 2.19. The molecule has 1 fully saturated rings. The maximum atomic E-state index is 12.9. The number of rotatable bonds is 4. The van der Waals surface area contributed by atoms with E-state index in [1.54, 1.807) is 19.2 Å². The van der Waals surface area contributed by atoms with Crippen LogP contribution in [0, 0.1) is 0 Å². The molecular formula is C24H23NO3S. The van der Waals surface area contributed by atoms with Crippen LogP contribution < -0.4 is 9.47 Å². The van der Waals surface area contributed by atoms with E-state index in [2.05, 4.69) is 4.90 Å². The number of ether oxygens (including phenoxy) is 2. The number of fused-ring (bicyclic) bond motifs is 1. The van der Waals surface area contributed by atoms with Crippen LogP contribution in [0.25, 0.3) is 10.8 Å². The van der Waals surface area contributed by atoms with Crippen molar-refractivity contribution in [1.82, 2.24) is 4.90 Å². The molecule has 5 heteroatoms. The van der Waals surface area contributed by atoms with Gasteiger partial charge in [0, 0.05) is 18.7 Å².